The van der Waals surface area contributed by atoms with Gasteiger partial charge in [-0.05, 0) is 36.2 Å². The molecule has 1 aromatic heterocycles. The molecule has 4 rings (SSSR count). The third-order valence-electron chi connectivity index (χ3n) is 4.66. The normalized spacial score (nSPS) is 22.2. The molecule has 2 aliphatic heterocycles. The molecule has 0 saturated carbocycles. The molecule has 2 aromatic rings. The van der Waals surface area contributed by atoms with Gasteiger partial charge in [0.15, 0.2) is 0 Å². The van der Waals surface area contributed by atoms with Gasteiger partial charge < -0.3 is 14.4 Å². The van der Waals surface area contributed by atoms with Gasteiger partial charge in [0.05, 0.1) is 12.5 Å². The van der Waals surface area contributed by atoms with Gasteiger partial charge in [-0.25, -0.2) is 4.98 Å². The Morgan fingerprint density at radius 3 is 3.08 bits per heavy atom. The van der Waals surface area contributed by atoms with Crippen molar-refractivity contribution in [3.05, 3.63) is 53.2 Å². The molecule has 130 valence electrons. The van der Waals surface area contributed by atoms with Crippen LogP contribution in [-0.4, -0.2) is 41.6 Å². The Bertz CT molecular complexity index is 769. The number of ether oxygens (including phenoxy) is 2. The van der Waals surface area contributed by atoms with Crippen LogP contribution < -0.4 is 9.47 Å². The molecule has 1 amide bonds. The zero-order chi connectivity index (χ0) is 17.2. The topological polar surface area (TPSA) is 51.7 Å². The van der Waals surface area contributed by atoms with Crippen molar-refractivity contribution in [1.29, 1.82) is 0 Å². The first kappa shape index (κ1) is 16.2. The highest BCUT2D eigenvalue weighted by Crippen LogP contribution is 2.31. The van der Waals surface area contributed by atoms with Crippen LogP contribution >= 0.6 is 11.6 Å². The van der Waals surface area contributed by atoms with E-state index in [4.69, 9.17) is 21.1 Å². The quantitative estimate of drug-likeness (QED) is 0.846. The lowest BCUT2D eigenvalue weighted by Gasteiger charge is -2.28. The number of hydrogen-bond acceptors (Lipinski definition) is 4. The summed E-state index contributed by atoms with van der Waals surface area (Å²) in [4.78, 5) is 18.9. The van der Waals surface area contributed by atoms with E-state index in [1.165, 1.54) is 0 Å². The summed E-state index contributed by atoms with van der Waals surface area (Å²) in [6.07, 6.45) is 3.18. The number of nitrogens with zero attached hydrogens (tertiary/aromatic N) is 2. The molecule has 3 heterocycles. The van der Waals surface area contributed by atoms with Crippen LogP contribution in [-0.2, 0) is 11.2 Å². The maximum atomic E-state index is 12.8. The molecule has 0 aliphatic carbocycles. The van der Waals surface area contributed by atoms with E-state index in [0.29, 0.717) is 37.0 Å². The van der Waals surface area contributed by atoms with Gasteiger partial charge in [-0.2, -0.15) is 0 Å². The Morgan fingerprint density at radius 1 is 1.32 bits per heavy atom. The van der Waals surface area contributed by atoms with Crippen molar-refractivity contribution >= 4 is 17.5 Å². The van der Waals surface area contributed by atoms with Crippen LogP contribution in [0.4, 0.5) is 0 Å². The first-order chi connectivity index (χ1) is 12.2. The van der Waals surface area contributed by atoms with Crippen LogP contribution in [0, 0.1) is 5.92 Å². The summed E-state index contributed by atoms with van der Waals surface area (Å²) in [5, 5.41) is 0.667. The van der Waals surface area contributed by atoms with Gasteiger partial charge in [0.1, 0.15) is 18.5 Å². The van der Waals surface area contributed by atoms with E-state index in [2.05, 4.69) is 4.98 Å². The highest BCUT2D eigenvalue weighted by molar-refractivity contribution is 6.30. The zero-order valence-electron chi connectivity index (χ0n) is 13.7. The number of amides is 1. The summed E-state index contributed by atoms with van der Waals surface area (Å²) in [6.45, 7) is 1.71. The number of aromatic nitrogens is 1. The molecule has 5 nitrogen and oxygen atoms in total. The van der Waals surface area contributed by atoms with E-state index in [-0.39, 0.29) is 17.9 Å². The molecule has 0 spiro atoms. The maximum absolute atomic E-state index is 12.8. The Hall–Kier alpha value is -2.27. The molecule has 0 radical (unpaired) electrons. The minimum Gasteiger partial charge on any atom is -0.492 e. The summed E-state index contributed by atoms with van der Waals surface area (Å²) >= 11 is 6.05. The highest BCUT2D eigenvalue weighted by atomic mass is 35.5. The minimum atomic E-state index is -0.167. The number of likely N-dealkylation sites (tertiary alicyclic amines) is 1. The number of benzene rings is 1. The molecular formula is C19H19ClN2O3. The third kappa shape index (κ3) is 3.56. The minimum absolute atomic E-state index is 0.00918. The number of halogens is 1. The Balaban J connectivity index is 1.37. The highest BCUT2D eigenvalue weighted by Gasteiger charge is 2.34. The van der Waals surface area contributed by atoms with Gasteiger partial charge in [0.2, 0.25) is 11.8 Å². The molecule has 2 unspecified atom stereocenters. The van der Waals surface area contributed by atoms with Crippen LogP contribution in [0.15, 0.2) is 42.6 Å². The Labute approximate surface area is 151 Å². The van der Waals surface area contributed by atoms with E-state index >= 15 is 0 Å². The van der Waals surface area contributed by atoms with Gasteiger partial charge in [0, 0.05) is 30.3 Å². The van der Waals surface area contributed by atoms with Gasteiger partial charge in [-0.15, -0.1) is 0 Å². The van der Waals surface area contributed by atoms with Crippen molar-refractivity contribution in [3.63, 3.8) is 0 Å². The largest absolute Gasteiger partial charge is 0.492 e. The number of rotatable bonds is 3. The summed E-state index contributed by atoms with van der Waals surface area (Å²) in [7, 11) is 0. The van der Waals surface area contributed by atoms with E-state index in [1.807, 2.05) is 41.3 Å². The van der Waals surface area contributed by atoms with E-state index in [0.717, 1.165) is 17.7 Å². The van der Waals surface area contributed by atoms with Crippen molar-refractivity contribution in [2.24, 2.45) is 5.92 Å². The summed E-state index contributed by atoms with van der Waals surface area (Å²) in [6, 6.07) is 11.1. The van der Waals surface area contributed by atoms with E-state index in [9.17, 15) is 4.79 Å². The first-order valence-corrected chi connectivity index (χ1v) is 8.84. The van der Waals surface area contributed by atoms with Gasteiger partial charge in [-0.3, -0.25) is 4.79 Å². The second kappa shape index (κ2) is 6.92. The standard InChI is InChI=1S/C19H19ClN2O3/c20-15-4-5-17-13(10-15)9-14(12-24-17)19(23)22-8-6-16(11-22)25-18-3-1-2-7-21-18/h1-5,7,10,14,16H,6,8-9,11-12H2. The maximum Gasteiger partial charge on any atom is 0.229 e. The van der Waals surface area contributed by atoms with Crippen molar-refractivity contribution < 1.29 is 14.3 Å². The second-order valence-electron chi connectivity index (χ2n) is 6.44. The predicted octanol–water partition coefficient (Wildman–Crippen LogP) is 2.97. The number of carbonyl (C=O) groups excluding carboxylic acids is 1. The molecule has 1 fully saturated rings. The molecule has 2 aliphatic rings. The van der Waals surface area contributed by atoms with Crippen molar-refractivity contribution in [1.82, 2.24) is 9.88 Å². The fourth-order valence-corrected chi connectivity index (χ4v) is 3.59. The fourth-order valence-electron chi connectivity index (χ4n) is 3.39. The molecule has 25 heavy (non-hydrogen) atoms. The molecule has 0 N–H and O–H groups in total. The molecule has 6 heteroatoms. The lowest BCUT2D eigenvalue weighted by atomic mass is 9.95. The summed E-state index contributed by atoms with van der Waals surface area (Å²) < 4.78 is 11.6. The van der Waals surface area contributed by atoms with Gasteiger partial charge in [-0.1, -0.05) is 17.7 Å². The van der Waals surface area contributed by atoms with Crippen LogP contribution in [0.3, 0.4) is 0 Å². The molecular weight excluding hydrogens is 340 g/mol. The Kier molecular flexibility index (Phi) is 4.49. The van der Waals surface area contributed by atoms with Crippen molar-refractivity contribution in [2.75, 3.05) is 19.7 Å². The van der Waals surface area contributed by atoms with Gasteiger partial charge in [0.25, 0.3) is 0 Å². The van der Waals surface area contributed by atoms with E-state index in [1.54, 1.807) is 6.20 Å². The van der Waals surface area contributed by atoms with Crippen molar-refractivity contribution in [2.45, 2.75) is 18.9 Å². The molecule has 2 atom stereocenters. The number of fused-ring (bicyclic) bond motifs is 1. The molecule has 1 saturated heterocycles. The van der Waals surface area contributed by atoms with Gasteiger partial charge >= 0.3 is 0 Å². The fraction of sp³-hybridized carbons (Fsp3) is 0.368. The van der Waals surface area contributed by atoms with Crippen LogP contribution in [0.25, 0.3) is 0 Å². The molecule has 0 bridgehead atoms. The lowest BCUT2D eigenvalue weighted by Crippen LogP contribution is -2.40. The number of hydrogen-bond donors (Lipinski definition) is 0. The van der Waals surface area contributed by atoms with Crippen molar-refractivity contribution in [3.8, 4) is 11.6 Å². The third-order valence-corrected chi connectivity index (χ3v) is 4.90. The summed E-state index contributed by atoms with van der Waals surface area (Å²) in [5.41, 5.74) is 0.998. The first-order valence-electron chi connectivity index (χ1n) is 8.47. The van der Waals surface area contributed by atoms with Crippen LogP contribution in [0.2, 0.25) is 5.02 Å². The smallest absolute Gasteiger partial charge is 0.229 e. The average molecular weight is 359 g/mol. The lowest BCUT2D eigenvalue weighted by molar-refractivity contribution is -0.136. The SMILES string of the molecule is O=C(C1COc2ccc(Cl)cc2C1)N1CCC(Oc2ccccn2)C1. The number of pyridine rings is 1. The second-order valence-corrected chi connectivity index (χ2v) is 6.88. The zero-order valence-corrected chi connectivity index (χ0v) is 14.5. The monoisotopic (exact) mass is 358 g/mol. The number of carbonyl (C=O) groups is 1. The predicted molar refractivity (Wildman–Crippen MR) is 94.0 cm³/mol. The molecule has 1 aromatic carbocycles. The van der Waals surface area contributed by atoms with Crippen LogP contribution in [0.1, 0.15) is 12.0 Å². The van der Waals surface area contributed by atoms with Crippen LogP contribution in [0.5, 0.6) is 11.6 Å². The Morgan fingerprint density at radius 2 is 2.24 bits per heavy atom. The average Bonchev–Trinajstić information content (AvgIpc) is 3.09. The summed E-state index contributed by atoms with van der Waals surface area (Å²) in [5.74, 6) is 1.38. The van der Waals surface area contributed by atoms with E-state index < -0.39 is 0 Å².